The molecule has 2 aromatic heterocycles. The third kappa shape index (κ3) is 3.13. The summed E-state index contributed by atoms with van der Waals surface area (Å²) in [6, 6.07) is 3.64. The van der Waals surface area contributed by atoms with Gasteiger partial charge in [-0.25, -0.2) is 9.97 Å². The zero-order chi connectivity index (χ0) is 12.1. The van der Waals surface area contributed by atoms with Crippen molar-refractivity contribution in [2.45, 2.75) is 23.5 Å². The molecule has 3 N–H and O–H groups in total. The second-order valence-corrected chi connectivity index (χ2v) is 4.40. The number of hydrogen-bond acceptors (Lipinski definition) is 5. The summed E-state index contributed by atoms with van der Waals surface area (Å²) in [6.45, 7) is 2.66. The fourth-order valence-corrected chi connectivity index (χ4v) is 1.91. The van der Waals surface area contributed by atoms with Crippen molar-refractivity contribution in [2.75, 3.05) is 12.3 Å². The standard InChI is InChI=1S/C11H14N4OS/c1-2-7-16-10-8(12)3-4-9(15-10)17-11-13-5-6-14-11/h3-6H,2,7,12H2,1H3,(H,13,14). The van der Waals surface area contributed by atoms with Gasteiger partial charge in [-0.3, -0.25) is 0 Å². The predicted octanol–water partition coefficient (Wildman–Crippen LogP) is 2.33. The largest absolute Gasteiger partial charge is 0.476 e. The van der Waals surface area contributed by atoms with E-state index in [1.165, 1.54) is 11.8 Å². The zero-order valence-electron chi connectivity index (χ0n) is 9.51. The van der Waals surface area contributed by atoms with Crippen LogP contribution in [0.15, 0.2) is 34.7 Å². The summed E-state index contributed by atoms with van der Waals surface area (Å²) in [5.74, 6) is 0.489. The molecule has 0 saturated carbocycles. The minimum Gasteiger partial charge on any atom is -0.476 e. The van der Waals surface area contributed by atoms with Gasteiger partial charge in [0.15, 0.2) is 5.16 Å². The van der Waals surface area contributed by atoms with E-state index >= 15 is 0 Å². The molecule has 0 spiro atoms. The van der Waals surface area contributed by atoms with Crippen molar-refractivity contribution < 1.29 is 4.74 Å². The van der Waals surface area contributed by atoms with E-state index in [4.69, 9.17) is 10.5 Å². The summed E-state index contributed by atoms with van der Waals surface area (Å²) in [5.41, 5.74) is 6.34. The molecule has 0 aliphatic heterocycles. The second-order valence-electron chi connectivity index (χ2n) is 3.39. The molecule has 0 radical (unpaired) electrons. The van der Waals surface area contributed by atoms with Crippen molar-refractivity contribution in [2.24, 2.45) is 0 Å². The highest BCUT2D eigenvalue weighted by Gasteiger charge is 2.06. The Morgan fingerprint density at radius 3 is 3.06 bits per heavy atom. The van der Waals surface area contributed by atoms with Gasteiger partial charge in [-0.05, 0) is 30.3 Å². The molecule has 0 aliphatic carbocycles. The average Bonchev–Trinajstić information content (AvgIpc) is 2.82. The van der Waals surface area contributed by atoms with E-state index in [-0.39, 0.29) is 0 Å². The third-order valence-electron chi connectivity index (χ3n) is 1.98. The minimum absolute atomic E-state index is 0.489. The van der Waals surface area contributed by atoms with Crippen molar-refractivity contribution in [1.82, 2.24) is 15.0 Å². The van der Waals surface area contributed by atoms with Crippen LogP contribution in [0.3, 0.4) is 0 Å². The summed E-state index contributed by atoms with van der Waals surface area (Å²) in [7, 11) is 0. The topological polar surface area (TPSA) is 76.8 Å². The Hall–Kier alpha value is -1.69. The van der Waals surface area contributed by atoms with Gasteiger partial charge in [0.25, 0.3) is 0 Å². The highest BCUT2D eigenvalue weighted by atomic mass is 32.2. The van der Waals surface area contributed by atoms with E-state index in [2.05, 4.69) is 15.0 Å². The molecule has 17 heavy (non-hydrogen) atoms. The molecule has 0 amide bonds. The number of imidazole rings is 1. The molecule has 0 fully saturated rings. The second kappa shape index (κ2) is 5.58. The Morgan fingerprint density at radius 2 is 2.35 bits per heavy atom. The van der Waals surface area contributed by atoms with Crippen LogP contribution in [0.25, 0.3) is 0 Å². The Balaban J connectivity index is 2.13. The van der Waals surface area contributed by atoms with Crippen LogP contribution < -0.4 is 10.5 Å². The number of hydrogen-bond donors (Lipinski definition) is 2. The summed E-state index contributed by atoms with van der Waals surface area (Å²) in [6.07, 6.45) is 4.40. The van der Waals surface area contributed by atoms with Crippen molar-refractivity contribution in [3.05, 3.63) is 24.5 Å². The van der Waals surface area contributed by atoms with Gasteiger partial charge in [-0.2, -0.15) is 0 Å². The fourth-order valence-electron chi connectivity index (χ4n) is 1.21. The van der Waals surface area contributed by atoms with Gasteiger partial charge < -0.3 is 15.5 Å². The number of H-pyrrole nitrogens is 1. The van der Waals surface area contributed by atoms with Crippen LogP contribution in [0, 0.1) is 0 Å². The third-order valence-corrected chi connectivity index (χ3v) is 2.83. The van der Waals surface area contributed by atoms with Gasteiger partial charge >= 0.3 is 0 Å². The average molecular weight is 250 g/mol. The Labute approximate surface area is 104 Å². The number of rotatable bonds is 5. The summed E-state index contributed by atoms with van der Waals surface area (Å²) in [5, 5.41) is 1.60. The molecule has 5 nitrogen and oxygen atoms in total. The predicted molar refractivity (Wildman–Crippen MR) is 67.1 cm³/mol. The van der Waals surface area contributed by atoms with E-state index in [1.807, 2.05) is 13.0 Å². The van der Waals surface area contributed by atoms with Crippen LogP contribution in [0.2, 0.25) is 0 Å². The number of aromatic amines is 1. The van der Waals surface area contributed by atoms with Gasteiger partial charge in [0.05, 0.1) is 12.3 Å². The summed E-state index contributed by atoms with van der Waals surface area (Å²) in [4.78, 5) is 11.5. The number of nitrogens with zero attached hydrogens (tertiary/aromatic N) is 2. The Bertz CT molecular complexity index is 472. The molecule has 0 bridgehead atoms. The van der Waals surface area contributed by atoms with Gasteiger partial charge in [0.1, 0.15) is 5.03 Å². The highest BCUT2D eigenvalue weighted by molar-refractivity contribution is 7.99. The molecule has 0 saturated heterocycles. The van der Waals surface area contributed by atoms with E-state index < -0.39 is 0 Å². The highest BCUT2D eigenvalue weighted by Crippen LogP contribution is 2.27. The molecule has 0 aliphatic rings. The maximum atomic E-state index is 5.78. The van der Waals surface area contributed by atoms with Gasteiger partial charge in [-0.15, -0.1) is 0 Å². The molecule has 2 heterocycles. The van der Waals surface area contributed by atoms with Crippen LogP contribution in [0.4, 0.5) is 5.69 Å². The molecule has 90 valence electrons. The first-order chi connectivity index (χ1) is 8.29. The Morgan fingerprint density at radius 1 is 1.47 bits per heavy atom. The molecule has 0 unspecified atom stereocenters. The lowest BCUT2D eigenvalue weighted by Gasteiger charge is -2.07. The zero-order valence-corrected chi connectivity index (χ0v) is 10.3. The van der Waals surface area contributed by atoms with E-state index in [1.54, 1.807) is 18.5 Å². The maximum absolute atomic E-state index is 5.78. The van der Waals surface area contributed by atoms with Crippen LogP contribution in [-0.4, -0.2) is 21.6 Å². The normalized spacial score (nSPS) is 10.4. The molecule has 0 atom stereocenters. The molecule has 0 aromatic carbocycles. The lowest BCUT2D eigenvalue weighted by Crippen LogP contribution is -2.01. The Kier molecular flexibility index (Phi) is 3.87. The number of ether oxygens (including phenoxy) is 1. The molecule has 2 rings (SSSR count). The number of nitrogens with one attached hydrogen (secondary N) is 1. The summed E-state index contributed by atoms with van der Waals surface area (Å²) < 4.78 is 5.47. The number of aromatic nitrogens is 3. The van der Waals surface area contributed by atoms with Crippen LogP contribution in [0.1, 0.15) is 13.3 Å². The first-order valence-corrected chi connectivity index (χ1v) is 6.18. The van der Waals surface area contributed by atoms with E-state index in [0.29, 0.717) is 18.2 Å². The van der Waals surface area contributed by atoms with Crippen molar-refractivity contribution >= 4 is 17.4 Å². The van der Waals surface area contributed by atoms with Crippen molar-refractivity contribution in [3.8, 4) is 5.88 Å². The fraction of sp³-hybridized carbons (Fsp3) is 0.273. The van der Waals surface area contributed by atoms with Crippen LogP contribution in [-0.2, 0) is 0 Å². The monoisotopic (exact) mass is 250 g/mol. The molecular formula is C11H14N4OS. The first kappa shape index (κ1) is 11.8. The van der Waals surface area contributed by atoms with Gasteiger partial charge in [-0.1, -0.05) is 6.92 Å². The number of nitrogens with two attached hydrogens (primary N) is 1. The number of anilines is 1. The van der Waals surface area contributed by atoms with E-state index in [9.17, 15) is 0 Å². The SMILES string of the molecule is CCCOc1nc(Sc2ncc[nH]2)ccc1N. The smallest absolute Gasteiger partial charge is 0.238 e. The molecule has 6 heteroatoms. The lowest BCUT2D eigenvalue weighted by atomic mass is 10.4. The maximum Gasteiger partial charge on any atom is 0.238 e. The van der Waals surface area contributed by atoms with Crippen molar-refractivity contribution in [1.29, 1.82) is 0 Å². The molecule has 2 aromatic rings. The van der Waals surface area contributed by atoms with Crippen LogP contribution >= 0.6 is 11.8 Å². The van der Waals surface area contributed by atoms with Gasteiger partial charge in [0.2, 0.25) is 5.88 Å². The quantitative estimate of drug-likeness (QED) is 0.851. The van der Waals surface area contributed by atoms with E-state index in [0.717, 1.165) is 16.6 Å². The lowest BCUT2D eigenvalue weighted by molar-refractivity contribution is 0.305. The number of nitrogen functional groups attached to an aromatic ring is 1. The minimum atomic E-state index is 0.489. The summed E-state index contributed by atoms with van der Waals surface area (Å²) >= 11 is 1.44. The van der Waals surface area contributed by atoms with Crippen molar-refractivity contribution in [3.63, 3.8) is 0 Å². The first-order valence-electron chi connectivity index (χ1n) is 5.36. The molecular weight excluding hydrogens is 236 g/mol. The van der Waals surface area contributed by atoms with Gasteiger partial charge in [0, 0.05) is 12.4 Å². The number of pyridine rings is 1. The van der Waals surface area contributed by atoms with Crippen LogP contribution in [0.5, 0.6) is 5.88 Å².